The highest BCUT2D eigenvalue weighted by Gasteiger charge is 2.29. The molecule has 0 aliphatic carbocycles. The molecule has 0 saturated carbocycles. The van der Waals surface area contributed by atoms with Gasteiger partial charge in [0.1, 0.15) is 5.69 Å². The van der Waals surface area contributed by atoms with Gasteiger partial charge in [0.2, 0.25) is 11.7 Å². The SMILES string of the molecule is CCc1nn(C)c(NC2CCC(=O)N(C)C2)c1[N+](=O)[O-]. The Morgan fingerprint density at radius 3 is 2.75 bits per heavy atom. The van der Waals surface area contributed by atoms with Crippen molar-refractivity contribution in [3.63, 3.8) is 0 Å². The van der Waals surface area contributed by atoms with E-state index < -0.39 is 4.92 Å². The molecule has 0 aromatic carbocycles. The van der Waals surface area contributed by atoms with Gasteiger partial charge in [-0.2, -0.15) is 5.10 Å². The van der Waals surface area contributed by atoms with Crippen molar-refractivity contribution in [2.24, 2.45) is 7.05 Å². The number of aryl methyl sites for hydroxylation is 2. The van der Waals surface area contributed by atoms with E-state index in [2.05, 4.69) is 10.4 Å². The first-order valence-corrected chi connectivity index (χ1v) is 6.64. The van der Waals surface area contributed by atoms with Crippen LogP contribution in [-0.2, 0) is 18.3 Å². The minimum atomic E-state index is -0.397. The Kier molecular flexibility index (Phi) is 3.91. The van der Waals surface area contributed by atoms with E-state index in [1.807, 2.05) is 6.92 Å². The summed E-state index contributed by atoms with van der Waals surface area (Å²) in [5.41, 5.74) is 0.509. The number of nitrogens with one attached hydrogen (secondary N) is 1. The Hall–Kier alpha value is -2.12. The van der Waals surface area contributed by atoms with Crippen molar-refractivity contribution < 1.29 is 9.72 Å². The Balaban J connectivity index is 2.23. The molecule has 0 bridgehead atoms. The normalized spacial score (nSPS) is 19.2. The zero-order valence-electron chi connectivity index (χ0n) is 11.9. The molecular weight excluding hydrogens is 262 g/mol. The lowest BCUT2D eigenvalue weighted by molar-refractivity contribution is -0.384. The first-order valence-electron chi connectivity index (χ1n) is 6.64. The van der Waals surface area contributed by atoms with Gasteiger partial charge in [-0.05, 0) is 12.8 Å². The fourth-order valence-corrected chi connectivity index (χ4v) is 2.48. The Morgan fingerprint density at radius 1 is 1.50 bits per heavy atom. The van der Waals surface area contributed by atoms with E-state index >= 15 is 0 Å². The smallest absolute Gasteiger partial charge is 0.333 e. The monoisotopic (exact) mass is 281 g/mol. The van der Waals surface area contributed by atoms with Crippen molar-refractivity contribution in [1.29, 1.82) is 0 Å². The molecule has 8 heteroatoms. The average molecular weight is 281 g/mol. The Morgan fingerprint density at radius 2 is 2.20 bits per heavy atom. The number of aromatic nitrogens is 2. The van der Waals surface area contributed by atoms with Crippen LogP contribution < -0.4 is 5.32 Å². The van der Waals surface area contributed by atoms with Crippen LogP contribution in [0.3, 0.4) is 0 Å². The molecule has 0 radical (unpaired) electrons. The van der Waals surface area contributed by atoms with E-state index in [0.717, 1.165) is 0 Å². The van der Waals surface area contributed by atoms with Gasteiger partial charge in [-0.3, -0.25) is 14.9 Å². The fourth-order valence-electron chi connectivity index (χ4n) is 2.48. The zero-order valence-corrected chi connectivity index (χ0v) is 11.9. The van der Waals surface area contributed by atoms with Crippen LogP contribution in [0, 0.1) is 10.1 Å². The number of anilines is 1. The number of piperidine rings is 1. The maximum absolute atomic E-state index is 11.5. The highest BCUT2D eigenvalue weighted by atomic mass is 16.6. The van der Waals surface area contributed by atoms with Gasteiger partial charge in [0.05, 0.1) is 4.92 Å². The third-order valence-corrected chi connectivity index (χ3v) is 3.58. The van der Waals surface area contributed by atoms with E-state index in [0.29, 0.717) is 37.3 Å². The van der Waals surface area contributed by atoms with Gasteiger partial charge in [-0.1, -0.05) is 6.92 Å². The van der Waals surface area contributed by atoms with Gasteiger partial charge in [0.25, 0.3) is 0 Å². The number of rotatable bonds is 4. The van der Waals surface area contributed by atoms with Crippen LogP contribution in [-0.4, -0.2) is 45.1 Å². The summed E-state index contributed by atoms with van der Waals surface area (Å²) in [7, 11) is 3.43. The number of hydrogen-bond donors (Lipinski definition) is 1. The van der Waals surface area contributed by atoms with E-state index in [1.165, 1.54) is 4.68 Å². The summed E-state index contributed by atoms with van der Waals surface area (Å²) in [6, 6.07) is 0.0107. The molecule has 2 heterocycles. The molecular formula is C12H19N5O3. The number of hydrogen-bond acceptors (Lipinski definition) is 5. The van der Waals surface area contributed by atoms with Gasteiger partial charge in [0.15, 0.2) is 0 Å². The first-order chi connectivity index (χ1) is 9.43. The molecule has 1 aromatic rings. The Labute approximate surface area is 116 Å². The molecule has 1 aromatic heterocycles. The van der Waals surface area contributed by atoms with E-state index in [1.54, 1.807) is 19.0 Å². The van der Waals surface area contributed by atoms with E-state index in [-0.39, 0.29) is 17.6 Å². The second kappa shape index (κ2) is 5.48. The second-order valence-electron chi connectivity index (χ2n) is 5.03. The lowest BCUT2D eigenvalue weighted by Crippen LogP contribution is -2.43. The van der Waals surface area contributed by atoms with Crippen molar-refractivity contribution in [2.45, 2.75) is 32.2 Å². The molecule has 2 rings (SSSR count). The molecule has 1 amide bonds. The van der Waals surface area contributed by atoms with E-state index in [4.69, 9.17) is 0 Å². The molecule has 1 aliphatic heterocycles. The molecule has 1 saturated heterocycles. The molecule has 0 spiro atoms. The number of nitro groups is 1. The minimum absolute atomic E-state index is 0.0107. The summed E-state index contributed by atoms with van der Waals surface area (Å²) in [4.78, 5) is 23.9. The zero-order chi connectivity index (χ0) is 14.9. The number of carbonyl (C=O) groups is 1. The topological polar surface area (TPSA) is 93.3 Å². The lowest BCUT2D eigenvalue weighted by Gasteiger charge is -2.30. The highest BCUT2D eigenvalue weighted by Crippen LogP contribution is 2.30. The van der Waals surface area contributed by atoms with Gasteiger partial charge in [0, 0.05) is 33.1 Å². The van der Waals surface area contributed by atoms with Crippen molar-refractivity contribution in [1.82, 2.24) is 14.7 Å². The van der Waals surface area contributed by atoms with Gasteiger partial charge in [-0.15, -0.1) is 0 Å². The highest BCUT2D eigenvalue weighted by molar-refractivity contribution is 5.77. The predicted octanol–water partition coefficient (Wildman–Crippen LogP) is 0.923. The van der Waals surface area contributed by atoms with Crippen LogP contribution in [0.5, 0.6) is 0 Å². The molecule has 1 N–H and O–H groups in total. The standard InChI is InChI=1S/C12H19N5O3/c1-4-9-11(17(19)20)12(16(3)14-9)13-8-5-6-10(18)15(2)7-8/h8,13H,4-7H2,1-3H3. The lowest BCUT2D eigenvalue weighted by atomic mass is 10.1. The van der Waals surface area contributed by atoms with E-state index in [9.17, 15) is 14.9 Å². The summed E-state index contributed by atoms with van der Waals surface area (Å²) < 4.78 is 1.51. The van der Waals surface area contributed by atoms with Crippen molar-refractivity contribution >= 4 is 17.4 Å². The maximum Gasteiger partial charge on any atom is 0.333 e. The predicted molar refractivity (Wildman–Crippen MR) is 73.5 cm³/mol. The Bertz CT molecular complexity index is 539. The summed E-state index contributed by atoms with van der Waals surface area (Å²) in [5, 5.41) is 18.6. The second-order valence-corrected chi connectivity index (χ2v) is 5.03. The fraction of sp³-hybridized carbons (Fsp3) is 0.667. The van der Waals surface area contributed by atoms with Crippen LogP contribution >= 0.6 is 0 Å². The van der Waals surface area contributed by atoms with Crippen molar-refractivity contribution in [3.05, 3.63) is 15.8 Å². The average Bonchev–Trinajstić information content (AvgIpc) is 2.71. The maximum atomic E-state index is 11.5. The van der Waals surface area contributed by atoms with Crippen LogP contribution in [0.25, 0.3) is 0 Å². The number of amides is 1. The molecule has 1 unspecified atom stereocenters. The molecule has 8 nitrogen and oxygen atoms in total. The van der Waals surface area contributed by atoms with Gasteiger partial charge < -0.3 is 10.2 Å². The number of likely N-dealkylation sites (tertiary alicyclic amines) is 1. The van der Waals surface area contributed by atoms with Crippen LogP contribution in [0.4, 0.5) is 11.5 Å². The summed E-state index contributed by atoms with van der Waals surface area (Å²) in [6.45, 7) is 2.38. The summed E-state index contributed by atoms with van der Waals surface area (Å²) in [5.74, 6) is 0.524. The van der Waals surface area contributed by atoms with Crippen LogP contribution in [0.1, 0.15) is 25.5 Å². The molecule has 1 aliphatic rings. The largest absolute Gasteiger partial charge is 0.360 e. The van der Waals surface area contributed by atoms with Gasteiger partial charge in [-0.25, -0.2) is 4.68 Å². The molecule has 1 atom stereocenters. The number of likely N-dealkylation sites (N-methyl/N-ethyl adjacent to an activating group) is 1. The van der Waals surface area contributed by atoms with Crippen molar-refractivity contribution in [2.75, 3.05) is 18.9 Å². The van der Waals surface area contributed by atoms with Gasteiger partial charge >= 0.3 is 5.69 Å². The molecule has 1 fully saturated rings. The number of carbonyl (C=O) groups excluding carboxylic acids is 1. The van der Waals surface area contributed by atoms with Crippen molar-refractivity contribution in [3.8, 4) is 0 Å². The summed E-state index contributed by atoms with van der Waals surface area (Å²) >= 11 is 0. The summed E-state index contributed by atoms with van der Waals surface area (Å²) in [6.07, 6.45) is 1.64. The minimum Gasteiger partial charge on any atom is -0.360 e. The number of nitrogens with zero attached hydrogens (tertiary/aromatic N) is 4. The third kappa shape index (κ3) is 2.59. The first kappa shape index (κ1) is 14.3. The molecule has 110 valence electrons. The third-order valence-electron chi connectivity index (χ3n) is 3.58. The quantitative estimate of drug-likeness (QED) is 0.654. The molecule has 20 heavy (non-hydrogen) atoms. The van der Waals surface area contributed by atoms with Crippen LogP contribution in [0.15, 0.2) is 0 Å². The van der Waals surface area contributed by atoms with Crippen LogP contribution in [0.2, 0.25) is 0 Å².